The van der Waals surface area contributed by atoms with Crippen molar-refractivity contribution in [3.63, 3.8) is 0 Å². The molecule has 8 heteroatoms. The fourth-order valence-corrected chi connectivity index (χ4v) is 3.49. The Bertz CT molecular complexity index is 927. The van der Waals surface area contributed by atoms with Crippen LogP contribution in [-0.4, -0.2) is 40.3 Å². The van der Waals surface area contributed by atoms with Crippen LogP contribution in [0.1, 0.15) is 5.56 Å². The Balaban J connectivity index is 1.82. The van der Waals surface area contributed by atoms with Crippen LogP contribution in [-0.2, 0) is 14.8 Å². The van der Waals surface area contributed by atoms with Gasteiger partial charge in [0.1, 0.15) is 19.8 Å². The van der Waals surface area contributed by atoms with E-state index in [2.05, 4.69) is 5.32 Å². The van der Waals surface area contributed by atoms with Crippen LogP contribution in [0.5, 0.6) is 11.5 Å². The SMILES string of the molecule is Cc1cccc(NC(=O)CN(c2ccc3c(c2)OCCO3)S(C)(=O)=O)c1. The van der Waals surface area contributed by atoms with Gasteiger partial charge in [-0.05, 0) is 36.8 Å². The van der Waals surface area contributed by atoms with E-state index >= 15 is 0 Å². The van der Waals surface area contributed by atoms with Gasteiger partial charge in [-0.15, -0.1) is 0 Å². The molecular weight excluding hydrogens is 356 g/mol. The molecule has 0 saturated carbocycles. The first-order valence-electron chi connectivity index (χ1n) is 8.07. The minimum absolute atomic E-state index is 0.341. The average Bonchev–Trinajstić information content (AvgIpc) is 2.58. The highest BCUT2D eigenvalue weighted by molar-refractivity contribution is 7.92. The first-order valence-corrected chi connectivity index (χ1v) is 9.91. The summed E-state index contributed by atoms with van der Waals surface area (Å²) in [5.74, 6) is 0.579. The number of anilines is 2. The molecule has 2 aromatic rings. The third-order valence-corrected chi connectivity index (χ3v) is 4.94. The predicted octanol–water partition coefficient (Wildman–Crippen LogP) is 2.17. The second kappa shape index (κ2) is 7.25. The molecule has 0 aromatic heterocycles. The summed E-state index contributed by atoms with van der Waals surface area (Å²) >= 11 is 0. The van der Waals surface area contributed by atoms with E-state index in [-0.39, 0.29) is 6.54 Å². The molecule has 7 nitrogen and oxygen atoms in total. The highest BCUT2D eigenvalue weighted by Crippen LogP contribution is 2.34. The summed E-state index contributed by atoms with van der Waals surface area (Å²) in [5.41, 5.74) is 1.95. The molecule has 0 radical (unpaired) electrons. The zero-order chi connectivity index (χ0) is 18.7. The molecule has 2 aromatic carbocycles. The van der Waals surface area contributed by atoms with Crippen molar-refractivity contribution in [2.75, 3.05) is 35.6 Å². The molecule has 0 unspecified atom stereocenters. The molecule has 0 aliphatic carbocycles. The van der Waals surface area contributed by atoms with Gasteiger partial charge in [0.2, 0.25) is 15.9 Å². The zero-order valence-electron chi connectivity index (χ0n) is 14.6. The van der Waals surface area contributed by atoms with Crippen molar-refractivity contribution >= 4 is 27.3 Å². The van der Waals surface area contributed by atoms with Crippen LogP contribution in [0.4, 0.5) is 11.4 Å². The second-order valence-electron chi connectivity index (χ2n) is 6.02. The lowest BCUT2D eigenvalue weighted by Gasteiger charge is -2.24. The number of fused-ring (bicyclic) bond motifs is 1. The highest BCUT2D eigenvalue weighted by atomic mass is 32.2. The number of carbonyl (C=O) groups excluding carboxylic acids is 1. The number of amides is 1. The standard InChI is InChI=1S/C18H20N2O5S/c1-13-4-3-5-14(10-13)19-18(21)12-20(26(2,22)23)15-6-7-16-17(11-15)25-9-8-24-16/h3-7,10-11H,8-9,12H2,1-2H3,(H,19,21). The molecule has 1 N–H and O–H groups in total. The number of ether oxygens (including phenoxy) is 2. The number of hydrogen-bond acceptors (Lipinski definition) is 5. The fraction of sp³-hybridized carbons (Fsp3) is 0.278. The van der Waals surface area contributed by atoms with Gasteiger partial charge in [0.25, 0.3) is 0 Å². The van der Waals surface area contributed by atoms with Crippen LogP contribution < -0.4 is 19.1 Å². The number of benzene rings is 2. The highest BCUT2D eigenvalue weighted by Gasteiger charge is 2.23. The van der Waals surface area contributed by atoms with Gasteiger partial charge < -0.3 is 14.8 Å². The molecular formula is C18H20N2O5S. The number of sulfonamides is 1. The normalized spacial score (nSPS) is 13.2. The lowest BCUT2D eigenvalue weighted by atomic mass is 10.2. The molecule has 0 bridgehead atoms. The molecule has 1 aliphatic rings. The van der Waals surface area contributed by atoms with Gasteiger partial charge in [0.05, 0.1) is 11.9 Å². The number of rotatable bonds is 5. The maximum Gasteiger partial charge on any atom is 0.245 e. The van der Waals surface area contributed by atoms with Crippen molar-refractivity contribution in [1.82, 2.24) is 0 Å². The van der Waals surface area contributed by atoms with Crippen LogP contribution in [0, 0.1) is 6.92 Å². The van der Waals surface area contributed by atoms with E-state index in [1.165, 1.54) is 0 Å². The van der Waals surface area contributed by atoms with E-state index in [0.717, 1.165) is 16.1 Å². The van der Waals surface area contributed by atoms with Gasteiger partial charge in [-0.1, -0.05) is 12.1 Å². The molecule has 138 valence electrons. The Hall–Kier alpha value is -2.74. The second-order valence-corrected chi connectivity index (χ2v) is 7.92. The number of nitrogens with zero attached hydrogens (tertiary/aromatic N) is 1. The lowest BCUT2D eigenvalue weighted by molar-refractivity contribution is -0.114. The van der Waals surface area contributed by atoms with Crippen molar-refractivity contribution in [2.45, 2.75) is 6.92 Å². The quantitative estimate of drug-likeness (QED) is 0.864. The van der Waals surface area contributed by atoms with E-state index in [4.69, 9.17) is 9.47 Å². The Morgan fingerprint density at radius 3 is 2.54 bits per heavy atom. The van der Waals surface area contributed by atoms with Gasteiger partial charge in [0.15, 0.2) is 11.5 Å². The van der Waals surface area contributed by atoms with Crippen molar-refractivity contribution in [1.29, 1.82) is 0 Å². The Morgan fingerprint density at radius 2 is 1.85 bits per heavy atom. The summed E-state index contributed by atoms with van der Waals surface area (Å²) in [6, 6.07) is 12.1. The van der Waals surface area contributed by atoms with Crippen LogP contribution in [0.15, 0.2) is 42.5 Å². The van der Waals surface area contributed by atoms with Gasteiger partial charge in [0, 0.05) is 11.8 Å². The van der Waals surface area contributed by atoms with Gasteiger partial charge in [-0.2, -0.15) is 0 Å². The molecule has 1 amide bonds. The Labute approximate surface area is 152 Å². The first kappa shape index (κ1) is 18.1. The molecule has 26 heavy (non-hydrogen) atoms. The van der Waals surface area contributed by atoms with Crippen LogP contribution in [0.2, 0.25) is 0 Å². The molecule has 0 atom stereocenters. The van der Waals surface area contributed by atoms with Crippen LogP contribution >= 0.6 is 0 Å². The molecule has 1 heterocycles. The summed E-state index contributed by atoms with van der Waals surface area (Å²) in [4.78, 5) is 12.4. The van der Waals surface area contributed by atoms with E-state index < -0.39 is 15.9 Å². The summed E-state index contributed by atoms with van der Waals surface area (Å²) in [6.45, 7) is 2.41. The third kappa shape index (κ3) is 4.26. The third-order valence-electron chi connectivity index (χ3n) is 3.80. The largest absolute Gasteiger partial charge is 0.486 e. The van der Waals surface area contributed by atoms with E-state index in [0.29, 0.717) is 36.1 Å². The zero-order valence-corrected chi connectivity index (χ0v) is 15.4. The molecule has 0 saturated heterocycles. The molecule has 0 fully saturated rings. The summed E-state index contributed by atoms with van der Waals surface area (Å²) in [6.07, 6.45) is 1.06. The van der Waals surface area contributed by atoms with Crippen molar-refractivity contribution in [2.24, 2.45) is 0 Å². The number of hydrogen-bond donors (Lipinski definition) is 1. The topological polar surface area (TPSA) is 84.9 Å². The summed E-state index contributed by atoms with van der Waals surface area (Å²) in [7, 11) is -3.66. The van der Waals surface area contributed by atoms with Crippen molar-refractivity contribution < 1.29 is 22.7 Å². The van der Waals surface area contributed by atoms with Crippen LogP contribution in [0.25, 0.3) is 0 Å². The summed E-state index contributed by atoms with van der Waals surface area (Å²) < 4.78 is 36.4. The van der Waals surface area contributed by atoms with Crippen molar-refractivity contribution in [3.05, 3.63) is 48.0 Å². The van der Waals surface area contributed by atoms with E-state index in [9.17, 15) is 13.2 Å². The lowest BCUT2D eigenvalue weighted by Crippen LogP contribution is -2.37. The smallest absolute Gasteiger partial charge is 0.245 e. The number of nitrogens with one attached hydrogen (secondary N) is 1. The van der Waals surface area contributed by atoms with E-state index in [1.54, 1.807) is 24.3 Å². The Morgan fingerprint density at radius 1 is 1.12 bits per heavy atom. The average molecular weight is 376 g/mol. The van der Waals surface area contributed by atoms with Gasteiger partial charge >= 0.3 is 0 Å². The Kier molecular flexibility index (Phi) is 5.03. The maximum atomic E-state index is 12.4. The number of carbonyl (C=O) groups is 1. The number of aryl methyl sites for hydroxylation is 1. The summed E-state index contributed by atoms with van der Waals surface area (Å²) in [5, 5.41) is 2.72. The van der Waals surface area contributed by atoms with Gasteiger partial charge in [-0.3, -0.25) is 9.10 Å². The molecule has 0 spiro atoms. The molecule has 3 rings (SSSR count). The first-order chi connectivity index (χ1) is 12.3. The van der Waals surface area contributed by atoms with Crippen molar-refractivity contribution in [3.8, 4) is 11.5 Å². The minimum atomic E-state index is -3.66. The van der Waals surface area contributed by atoms with E-state index in [1.807, 2.05) is 25.1 Å². The van der Waals surface area contributed by atoms with Crippen LogP contribution in [0.3, 0.4) is 0 Å². The van der Waals surface area contributed by atoms with Gasteiger partial charge in [-0.25, -0.2) is 8.42 Å². The predicted molar refractivity (Wildman–Crippen MR) is 99.4 cm³/mol. The maximum absolute atomic E-state index is 12.4. The monoisotopic (exact) mass is 376 g/mol. The fourth-order valence-electron chi connectivity index (χ4n) is 2.64. The molecule has 1 aliphatic heterocycles. The minimum Gasteiger partial charge on any atom is -0.486 e.